The van der Waals surface area contributed by atoms with Crippen LogP contribution in [0.4, 0.5) is 15.6 Å². The maximum Gasteiger partial charge on any atom is 0.325 e. The first-order chi connectivity index (χ1) is 17.4. The summed E-state index contributed by atoms with van der Waals surface area (Å²) in [4.78, 5) is 46.9. The number of aromatic nitrogens is 1. The van der Waals surface area contributed by atoms with E-state index in [2.05, 4.69) is 10.3 Å². The fourth-order valence-electron chi connectivity index (χ4n) is 4.48. The molecule has 3 aromatic carbocycles. The molecule has 2 heterocycles. The number of imide groups is 1. The van der Waals surface area contributed by atoms with Crippen molar-refractivity contribution in [3.8, 4) is 0 Å². The number of thiazole rings is 1. The molecule has 5 rings (SSSR count). The van der Waals surface area contributed by atoms with E-state index in [1.165, 1.54) is 28.1 Å². The molecule has 0 unspecified atom stereocenters. The molecule has 1 aliphatic heterocycles. The first kappa shape index (κ1) is 23.4. The quantitative estimate of drug-likeness (QED) is 0.375. The van der Waals surface area contributed by atoms with Crippen molar-refractivity contribution in [3.05, 3.63) is 113 Å². The summed E-state index contributed by atoms with van der Waals surface area (Å²) in [5, 5.41) is 5.20. The van der Waals surface area contributed by atoms with Crippen LogP contribution in [0, 0.1) is 6.92 Å². The van der Waals surface area contributed by atoms with E-state index >= 15 is 0 Å². The number of anilines is 2. The third-order valence-corrected chi connectivity index (χ3v) is 7.02. The molecule has 4 amide bonds. The zero-order chi connectivity index (χ0) is 25.3. The van der Waals surface area contributed by atoms with Crippen LogP contribution in [0.25, 0.3) is 0 Å². The summed E-state index contributed by atoms with van der Waals surface area (Å²) in [5.74, 6) is -0.551. The van der Waals surface area contributed by atoms with Gasteiger partial charge < -0.3 is 5.32 Å². The average molecular weight is 497 g/mol. The van der Waals surface area contributed by atoms with Crippen molar-refractivity contribution in [3.63, 3.8) is 0 Å². The second-order valence-electron chi connectivity index (χ2n) is 8.62. The van der Waals surface area contributed by atoms with Crippen LogP contribution in [0.1, 0.15) is 29.3 Å². The molecule has 0 bridgehead atoms. The van der Waals surface area contributed by atoms with E-state index < -0.39 is 11.6 Å². The van der Waals surface area contributed by atoms with Crippen LogP contribution in [-0.4, -0.2) is 27.7 Å². The zero-order valence-corrected chi connectivity index (χ0v) is 20.7. The largest absolute Gasteiger partial charge is 0.325 e. The number of amides is 4. The van der Waals surface area contributed by atoms with Gasteiger partial charge in [0.25, 0.3) is 5.91 Å². The number of urea groups is 1. The highest BCUT2D eigenvalue weighted by Crippen LogP contribution is 2.37. The van der Waals surface area contributed by atoms with E-state index in [4.69, 9.17) is 0 Å². The normalized spacial score (nSPS) is 14.6. The SMILES string of the molecule is CC(=O)N(c1cccc(C)c1)c1nc(CN2C(=O)NC(c3ccccc3)(c3ccccc3)C2=O)cs1. The Morgan fingerprint density at radius 3 is 2.19 bits per heavy atom. The molecule has 1 N–H and O–H groups in total. The number of nitrogens with zero attached hydrogens (tertiary/aromatic N) is 3. The summed E-state index contributed by atoms with van der Waals surface area (Å²) in [5.41, 5.74) is 2.29. The second kappa shape index (κ2) is 9.39. The summed E-state index contributed by atoms with van der Waals surface area (Å²) >= 11 is 1.29. The minimum Gasteiger partial charge on any atom is -0.315 e. The highest BCUT2D eigenvalue weighted by molar-refractivity contribution is 7.14. The fourth-order valence-corrected chi connectivity index (χ4v) is 5.36. The number of nitrogens with one attached hydrogen (secondary N) is 1. The van der Waals surface area contributed by atoms with Crippen molar-refractivity contribution in [2.24, 2.45) is 0 Å². The average Bonchev–Trinajstić information content (AvgIpc) is 3.43. The van der Waals surface area contributed by atoms with Crippen molar-refractivity contribution in [1.82, 2.24) is 15.2 Å². The van der Waals surface area contributed by atoms with E-state index in [9.17, 15) is 14.4 Å². The Hall–Kier alpha value is -4.30. The van der Waals surface area contributed by atoms with Gasteiger partial charge in [-0.15, -0.1) is 11.3 Å². The van der Waals surface area contributed by atoms with Gasteiger partial charge in [-0.05, 0) is 35.7 Å². The molecular weight excluding hydrogens is 472 g/mol. The van der Waals surface area contributed by atoms with Crippen molar-refractivity contribution >= 4 is 40.0 Å². The van der Waals surface area contributed by atoms with Gasteiger partial charge in [-0.25, -0.2) is 9.78 Å². The number of carbonyl (C=O) groups excluding carboxylic acids is 3. The molecule has 0 radical (unpaired) electrons. The Labute approximate surface area is 213 Å². The summed E-state index contributed by atoms with van der Waals surface area (Å²) < 4.78 is 0. The number of carbonyl (C=O) groups is 3. The number of hydrogen-bond donors (Lipinski definition) is 1. The smallest absolute Gasteiger partial charge is 0.315 e. The van der Waals surface area contributed by atoms with Crippen LogP contribution >= 0.6 is 11.3 Å². The lowest BCUT2D eigenvalue weighted by atomic mass is 9.82. The first-order valence-corrected chi connectivity index (χ1v) is 12.3. The first-order valence-electron chi connectivity index (χ1n) is 11.5. The van der Waals surface area contributed by atoms with Crippen LogP contribution < -0.4 is 10.2 Å². The van der Waals surface area contributed by atoms with E-state index in [0.29, 0.717) is 27.6 Å². The van der Waals surface area contributed by atoms with Gasteiger partial charge in [0.1, 0.15) is 0 Å². The minimum absolute atomic E-state index is 0.0118. The summed E-state index contributed by atoms with van der Waals surface area (Å²) in [6.07, 6.45) is 0. The molecule has 0 saturated carbocycles. The van der Waals surface area contributed by atoms with Crippen molar-refractivity contribution in [2.45, 2.75) is 25.9 Å². The Morgan fingerprint density at radius 1 is 0.972 bits per heavy atom. The topological polar surface area (TPSA) is 82.6 Å². The molecule has 0 atom stereocenters. The van der Waals surface area contributed by atoms with Crippen LogP contribution in [-0.2, 0) is 21.7 Å². The van der Waals surface area contributed by atoms with Gasteiger partial charge >= 0.3 is 6.03 Å². The highest BCUT2D eigenvalue weighted by Gasteiger charge is 2.53. The maximum atomic E-state index is 13.9. The number of benzene rings is 3. The lowest BCUT2D eigenvalue weighted by molar-refractivity contribution is -0.130. The van der Waals surface area contributed by atoms with Gasteiger partial charge in [0.2, 0.25) is 5.91 Å². The number of aryl methyl sites for hydroxylation is 1. The lowest BCUT2D eigenvalue weighted by Crippen LogP contribution is -2.45. The van der Waals surface area contributed by atoms with Gasteiger partial charge in [-0.2, -0.15) is 0 Å². The third kappa shape index (κ3) is 4.05. The number of hydrogen-bond acceptors (Lipinski definition) is 5. The lowest BCUT2D eigenvalue weighted by Gasteiger charge is -2.28. The van der Waals surface area contributed by atoms with Crippen molar-refractivity contribution in [2.75, 3.05) is 4.90 Å². The van der Waals surface area contributed by atoms with Gasteiger partial charge in [0.15, 0.2) is 10.7 Å². The number of rotatable bonds is 6. The van der Waals surface area contributed by atoms with Gasteiger partial charge in [0.05, 0.1) is 17.9 Å². The molecule has 1 aromatic heterocycles. The van der Waals surface area contributed by atoms with Crippen molar-refractivity contribution in [1.29, 1.82) is 0 Å². The van der Waals surface area contributed by atoms with Crippen LogP contribution in [0.2, 0.25) is 0 Å². The van der Waals surface area contributed by atoms with Crippen LogP contribution in [0.3, 0.4) is 0 Å². The predicted molar refractivity (Wildman–Crippen MR) is 139 cm³/mol. The monoisotopic (exact) mass is 496 g/mol. The summed E-state index contributed by atoms with van der Waals surface area (Å²) in [6.45, 7) is 3.43. The van der Waals surface area contributed by atoms with E-state index in [1.54, 1.807) is 5.38 Å². The molecule has 0 spiro atoms. The van der Waals surface area contributed by atoms with E-state index in [-0.39, 0.29) is 18.4 Å². The Balaban J connectivity index is 1.47. The predicted octanol–water partition coefficient (Wildman–Crippen LogP) is 5.13. The molecule has 4 aromatic rings. The molecule has 1 saturated heterocycles. The molecule has 7 nitrogen and oxygen atoms in total. The van der Waals surface area contributed by atoms with Gasteiger partial charge in [-0.1, -0.05) is 72.8 Å². The van der Waals surface area contributed by atoms with Crippen LogP contribution in [0.15, 0.2) is 90.3 Å². The third-order valence-electron chi connectivity index (χ3n) is 6.14. The molecule has 36 heavy (non-hydrogen) atoms. The molecular formula is C28H24N4O3S. The second-order valence-corrected chi connectivity index (χ2v) is 9.45. The van der Waals surface area contributed by atoms with E-state index in [1.807, 2.05) is 91.9 Å². The standard InChI is InChI=1S/C28H24N4O3S/c1-19-10-9-15-24(16-19)32(20(2)33)27-29-23(18-36-27)17-31-25(34)28(30-26(31)35,21-11-5-3-6-12-21)22-13-7-4-8-14-22/h3-16,18H,17H2,1-2H3,(H,30,35). The van der Waals surface area contributed by atoms with Crippen molar-refractivity contribution < 1.29 is 14.4 Å². The Morgan fingerprint density at radius 2 is 1.61 bits per heavy atom. The Bertz CT molecular complexity index is 1400. The Kier molecular flexibility index (Phi) is 6.12. The summed E-state index contributed by atoms with van der Waals surface area (Å²) in [6, 6.07) is 25.6. The minimum atomic E-state index is -1.33. The van der Waals surface area contributed by atoms with E-state index in [0.717, 1.165) is 5.56 Å². The van der Waals surface area contributed by atoms with Crippen LogP contribution in [0.5, 0.6) is 0 Å². The fraction of sp³-hybridized carbons (Fsp3) is 0.143. The summed E-state index contributed by atoms with van der Waals surface area (Å²) in [7, 11) is 0. The van der Waals surface area contributed by atoms with Gasteiger partial charge in [-0.3, -0.25) is 19.4 Å². The molecule has 1 aliphatic rings. The van der Waals surface area contributed by atoms with Gasteiger partial charge in [0, 0.05) is 12.3 Å². The molecule has 1 fully saturated rings. The highest BCUT2D eigenvalue weighted by atomic mass is 32.1. The zero-order valence-electron chi connectivity index (χ0n) is 19.8. The molecule has 0 aliphatic carbocycles. The molecule has 8 heteroatoms. The molecule has 180 valence electrons. The maximum absolute atomic E-state index is 13.9.